The fourth-order valence-electron chi connectivity index (χ4n) is 4.29. The number of hydrogen-bond donors (Lipinski definition) is 1. The van der Waals surface area contributed by atoms with Gasteiger partial charge in [0.1, 0.15) is 5.75 Å². The van der Waals surface area contributed by atoms with E-state index >= 15 is 0 Å². The van der Waals surface area contributed by atoms with E-state index in [4.69, 9.17) is 10.5 Å². The van der Waals surface area contributed by atoms with E-state index in [1.165, 1.54) is 36.8 Å². The van der Waals surface area contributed by atoms with Crippen LogP contribution in [0.3, 0.4) is 0 Å². The number of ether oxygens (including phenoxy) is 1. The number of nitrogens with two attached hydrogens (primary N) is 1. The molecule has 2 aliphatic heterocycles. The lowest BCUT2D eigenvalue weighted by Gasteiger charge is -2.39. The van der Waals surface area contributed by atoms with E-state index < -0.39 is 0 Å². The van der Waals surface area contributed by atoms with E-state index in [0.717, 1.165) is 24.3 Å². The summed E-state index contributed by atoms with van der Waals surface area (Å²) in [7, 11) is 4.03. The van der Waals surface area contributed by atoms with Crippen LogP contribution in [0.5, 0.6) is 5.75 Å². The van der Waals surface area contributed by atoms with Crippen LogP contribution in [-0.4, -0.2) is 37.2 Å². The van der Waals surface area contributed by atoms with Gasteiger partial charge in [-0.25, -0.2) is 0 Å². The van der Waals surface area contributed by atoms with Gasteiger partial charge in [0.15, 0.2) is 0 Å². The third kappa shape index (κ3) is 2.95. The molecule has 3 heteroatoms. The molecule has 1 aromatic rings. The minimum atomic E-state index is 0.248. The lowest BCUT2D eigenvalue weighted by Crippen LogP contribution is -2.46. The summed E-state index contributed by atoms with van der Waals surface area (Å²) < 4.78 is 5.50. The zero-order chi connectivity index (χ0) is 15.0. The Labute approximate surface area is 128 Å². The molecule has 3 unspecified atom stereocenters. The topological polar surface area (TPSA) is 38.5 Å². The maximum absolute atomic E-state index is 6.58. The van der Waals surface area contributed by atoms with Crippen LogP contribution in [0.1, 0.15) is 36.8 Å². The smallest absolute Gasteiger partial charge is 0.122 e. The van der Waals surface area contributed by atoms with Crippen LogP contribution < -0.4 is 10.5 Å². The predicted octanol–water partition coefficient (Wildman–Crippen LogP) is 2.75. The summed E-state index contributed by atoms with van der Waals surface area (Å²) in [4.78, 5) is 2.58. The lowest BCUT2D eigenvalue weighted by molar-refractivity contribution is 0.120. The lowest BCUT2D eigenvalue weighted by atomic mass is 9.83. The average molecular weight is 288 g/mol. The van der Waals surface area contributed by atoms with Crippen molar-refractivity contribution in [2.75, 3.05) is 14.2 Å². The first-order chi connectivity index (χ1) is 10.1. The summed E-state index contributed by atoms with van der Waals surface area (Å²) in [6.45, 7) is 2.13. The molecule has 2 N–H and O–H groups in total. The van der Waals surface area contributed by atoms with Crippen molar-refractivity contribution in [1.29, 1.82) is 0 Å². The molecule has 2 saturated heterocycles. The van der Waals surface area contributed by atoms with Crippen LogP contribution in [0.15, 0.2) is 18.2 Å². The van der Waals surface area contributed by atoms with Gasteiger partial charge in [-0.3, -0.25) is 0 Å². The molecular formula is C18H28N2O. The number of aryl methyl sites for hydroxylation is 1. The van der Waals surface area contributed by atoms with Gasteiger partial charge in [0.2, 0.25) is 0 Å². The second-order valence-corrected chi connectivity index (χ2v) is 6.97. The van der Waals surface area contributed by atoms with Crippen LogP contribution in [0.2, 0.25) is 0 Å². The maximum atomic E-state index is 6.58. The molecule has 2 fully saturated rings. The van der Waals surface area contributed by atoms with Crippen molar-refractivity contribution in [3.63, 3.8) is 0 Å². The molecule has 2 aliphatic rings. The van der Waals surface area contributed by atoms with Gasteiger partial charge >= 0.3 is 0 Å². The van der Waals surface area contributed by atoms with E-state index in [1.54, 1.807) is 7.11 Å². The van der Waals surface area contributed by atoms with E-state index in [2.05, 4.69) is 37.1 Å². The third-order valence-corrected chi connectivity index (χ3v) is 5.63. The molecule has 0 aliphatic carbocycles. The summed E-state index contributed by atoms with van der Waals surface area (Å²) in [5, 5.41) is 0. The molecule has 2 bridgehead atoms. The van der Waals surface area contributed by atoms with Crippen LogP contribution >= 0.6 is 0 Å². The van der Waals surface area contributed by atoms with E-state index in [-0.39, 0.29) is 6.04 Å². The SMILES string of the molecule is COc1ccc(C)cc1CC(N)C1CC2CCC(C1)N2C. The van der Waals surface area contributed by atoms with Crippen LogP contribution in [-0.2, 0) is 6.42 Å². The summed E-state index contributed by atoms with van der Waals surface area (Å²) >= 11 is 0. The number of rotatable bonds is 4. The molecular weight excluding hydrogens is 260 g/mol. The molecule has 0 spiro atoms. The van der Waals surface area contributed by atoms with Gasteiger partial charge in [0.25, 0.3) is 0 Å². The minimum absolute atomic E-state index is 0.248. The number of benzene rings is 1. The monoisotopic (exact) mass is 288 g/mol. The van der Waals surface area contributed by atoms with Crippen LogP contribution in [0, 0.1) is 12.8 Å². The van der Waals surface area contributed by atoms with Crippen molar-refractivity contribution in [3.8, 4) is 5.75 Å². The average Bonchev–Trinajstić information content (AvgIpc) is 2.69. The molecule has 3 nitrogen and oxygen atoms in total. The zero-order valence-electron chi connectivity index (χ0n) is 13.5. The largest absolute Gasteiger partial charge is 0.496 e. The molecule has 0 saturated carbocycles. The first kappa shape index (κ1) is 14.9. The first-order valence-corrected chi connectivity index (χ1v) is 8.19. The normalized spacial score (nSPS) is 30.4. The highest BCUT2D eigenvalue weighted by atomic mass is 16.5. The zero-order valence-corrected chi connectivity index (χ0v) is 13.5. The first-order valence-electron chi connectivity index (χ1n) is 8.19. The highest BCUT2D eigenvalue weighted by Gasteiger charge is 2.40. The van der Waals surface area contributed by atoms with Gasteiger partial charge in [-0.2, -0.15) is 0 Å². The Morgan fingerprint density at radius 2 is 1.95 bits per heavy atom. The van der Waals surface area contributed by atoms with Gasteiger partial charge in [-0.15, -0.1) is 0 Å². The van der Waals surface area contributed by atoms with Crippen molar-refractivity contribution < 1.29 is 4.74 Å². The molecule has 21 heavy (non-hydrogen) atoms. The minimum Gasteiger partial charge on any atom is -0.496 e. The summed E-state index contributed by atoms with van der Waals surface area (Å²) in [6.07, 6.45) is 6.18. The fraction of sp³-hybridized carbons (Fsp3) is 0.667. The Hall–Kier alpha value is -1.06. The van der Waals surface area contributed by atoms with Gasteiger partial charge < -0.3 is 15.4 Å². The Morgan fingerprint density at radius 1 is 1.29 bits per heavy atom. The van der Waals surface area contributed by atoms with E-state index in [0.29, 0.717) is 5.92 Å². The van der Waals surface area contributed by atoms with Crippen molar-refractivity contribution in [3.05, 3.63) is 29.3 Å². The van der Waals surface area contributed by atoms with Crippen molar-refractivity contribution in [2.45, 2.75) is 57.2 Å². The quantitative estimate of drug-likeness (QED) is 0.926. The Balaban J connectivity index is 1.69. The number of methoxy groups -OCH3 is 1. The number of nitrogens with zero attached hydrogens (tertiary/aromatic N) is 1. The van der Waals surface area contributed by atoms with Gasteiger partial charge in [-0.1, -0.05) is 17.7 Å². The van der Waals surface area contributed by atoms with Crippen molar-refractivity contribution in [1.82, 2.24) is 4.90 Å². The van der Waals surface area contributed by atoms with Crippen molar-refractivity contribution >= 4 is 0 Å². The predicted molar refractivity (Wildman–Crippen MR) is 86.7 cm³/mol. The Bertz CT molecular complexity index is 488. The molecule has 3 rings (SSSR count). The summed E-state index contributed by atoms with van der Waals surface area (Å²) in [5.41, 5.74) is 9.12. The molecule has 2 heterocycles. The van der Waals surface area contributed by atoms with Crippen LogP contribution in [0.25, 0.3) is 0 Å². The molecule has 0 aromatic heterocycles. The van der Waals surface area contributed by atoms with Gasteiger partial charge in [-0.05, 0) is 63.6 Å². The second-order valence-electron chi connectivity index (χ2n) is 6.97. The molecule has 0 amide bonds. The highest BCUT2D eigenvalue weighted by Crippen LogP contribution is 2.39. The molecule has 1 aromatic carbocycles. The molecule has 3 atom stereocenters. The van der Waals surface area contributed by atoms with E-state index in [9.17, 15) is 0 Å². The Morgan fingerprint density at radius 3 is 2.57 bits per heavy atom. The fourth-order valence-corrected chi connectivity index (χ4v) is 4.29. The van der Waals surface area contributed by atoms with Crippen LogP contribution in [0.4, 0.5) is 0 Å². The Kier molecular flexibility index (Phi) is 4.23. The number of piperidine rings is 1. The maximum Gasteiger partial charge on any atom is 0.122 e. The molecule has 116 valence electrons. The van der Waals surface area contributed by atoms with Gasteiger partial charge in [0, 0.05) is 18.1 Å². The molecule has 0 radical (unpaired) electrons. The summed E-state index contributed by atoms with van der Waals surface area (Å²) in [5.74, 6) is 1.64. The highest BCUT2D eigenvalue weighted by molar-refractivity contribution is 5.37. The standard InChI is InChI=1S/C18H28N2O/c1-12-4-7-18(21-3)14(8-12)11-17(19)13-9-15-5-6-16(10-13)20(15)2/h4,7-8,13,15-17H,5-6,9-11,19H2,1-3H3. The third-order valence-electron chi connectivity index (χ3n) is 5.63. The van der Waals surface area contributed by atoms with Gasteiger partial charge in [0.05, 0.1) is 7.11 Å². The van der Waals surface area contributed by atoms with Crippen molar-refractivity contribution in [2.24, 2.45) is 11.7 Å². The second kappa shape index (κ2) is 5.98. The van der Waals surface area contributed by atoms with E-state index in [1.807, 2.05) is 0 Å². The number of hydrogen-bond acceptors (Lipinski definition) is 3. The summed E-state index contributed by atoms with van der Waals surface area (Å²) in [6, 6.07) is 8.16. The number of fused-ring (bicyclic) bond motifs is 2.